The molecule has 2 aliphatic heterocycles. The number of benzene rings is 2. The zero-order valence-electron chi connectivity index (χ0n) is 20.4. The first kappa shape index (κ1) is 23.3. The predicted molar refractivity (Wildman–Crippen MR) is 145 cm³/mol. The predicted octanol–water partition coefficient (Wildman–Crippen LogP) is 5.43. The summed E-state index contributed by atoms with van der Waals surface area (Å²) in [5.74, 6) is 6.49. The van der Waals surface area contributed by atoms with Gasteiger partial charge in [-0.3, -0.25) is 4.90 Å². The van der Waals surface area contributed by atoms with E-state index in [9.17, 15) is 0 Å². The van der Waals surface area contributed by atoms with E-state index in [1.807, 2.05) is 11.9 Å². The number of nitrogens with two attached hydrogens (primary N) is 2. The fourth-order valence-corrected chi connectivity index (χ4v) is 5.95. The lowest BCUT2D eigenvalue weighted by atomic mass is 9.88. The summed E-state index contributed by atoms with van der Waals surface area (Å²) in [5, 5.41) is 5.64. The van der Waals surface area contributed by atoms with Gasteiger partial charge in [-0.05, 0) is 79.8 Å². The summed E-state index contributed by atoms with van der Waals surface area (Å²) >= 11 is 1.76. The number of rotatable bonds is 5. The van der Waals surface area contributed by atoms with E-state index in [0.717, 1.165) is 54.6 Å². The SMILES string of the molecule is CSc1cccc(NC2CCN(N)/C(=C(/C)N)c3ccc(C4=CCN(C5CCC5)CC4)cc32)c1. The number of allylic oxidation sites excluding steroid dienone is 1. The van der Waals surface area contributed by atoms with Crippen LogP contribution in [0.3, 0.4) is 0 Å². The molecule has 5 N–H and O–H groups in total. The highest BCUT2D eigenvalue weighted by Crippen LogP contribution is 2.38. The minimum atomic E-state index is 0.158. The smallest absolute Gasteiger partial charge is 0.0777 e. The van der Waals surface area contributed by atoms with E-state index in [-0.39, 0.29) is 6.04 Å². The molecule has 5 nitrogen and oxygen atoms in total. The van der Waals surface area contributed by atoms with Crippen molar-refractivity contribution in [3.05, 3.63) is 70.9 Å². The van der Waals surface area contributed by atoms with Crippen molar-refractivity contribution in [3.8, 4) is 0 Å². The molecule has 0 saturated heterocycles. The van der Waals surface area contributed by atoms with Crippen molar-refractivity contribution in [3.63, 3.8) is 0 Å². The molecule has 1 fully saturated rings. The van der Waals surface area contributed by atoms with Gasteiger partial charge >= 0.3 is 0 Å². The summed E-state index contributed by atoms with van der Waals surface area (Å²) in [5.41, 5.74) is 14.4. The van der Waals surface area contributed by atoms with Gasteiger partial charge in [-0.25, -0.2) is 5.84 Å². The zero-order chi connectivity index (χ0) is 23.7. The Kier molecular flexibility index (Phi) is 6.91. The highest BCUT2D eigenvalue weighted by molar-refractivity contribution is 7.98. The number of nitrogens with zero attached hydrogens (tertiary/aromatic N) is 2. The van der Waals surface area contributed by atoms with Crippen molar-refractivity contribution in [1.29, 1.82) is 0 Å². The van der Waals surface area contributed by atoms with E-state index in [1.165, 1.54) is 47.4 Å². The molecular weight excluding hydrogens is 438 g/mol. The number of fused-ring (bicyclic) bond motifs is 1. The number of hydrazine groups is 1. The molecule has 0 spiro atoms. The number of hydrogen-bond donors (Lipinski definition) is 3. The fraction of sp³-hybridized carbons (Fsp3) is 0.429. The molecular formula is C28H37N5S. The van der Waals surface area contributed by atoms with Crippen molar-refractivity contribution in [2.75, 3.05) is 31.2 Å². The fourth-order valence-electron chi connectivity index (χ4n) is 5.49. The molecule has 2 aromatic rings. The van der Waals surface area contributed by atoms with Crippen LogP contribution in [0.25, 0.3) is 11.3 Å². The molecule has 0 aromatic heterocycles. The minimum absolute atomic E-state index is 0.158. The molecule has 6 heteroatoms. The van der Waals surface area contributed by atoms with Crippen LogP contribution in [-0.2, 0) is 0 Å². The first-order valence-electron chi connectivity index (χ1n) is 12.5. The Morgan fingerprint density at radius 3 is 2.62 bits per heavy atom. The van der Waals surface area contributed by atoms with Gasteiger partial charge in [0.05, 0.1) is 11.7 Å². The monoisotopic (exact) mass is 475 g/mol. The van der Waals surface area contributed by atoms with Crippen molar-refractivity contribution in [2.45, 2.75) is 56.0 Å². The molecule has 34 heavy (non-hydrogen) atoms. The maximum atomic E-state index is 6.49. The molecule has 3 aliphatic rings. The maximum absolute atomic E-state index is 6.49. The quantitative estimate of drug-likeness (QED) is 0.396. The molecule has 0 radical (unpaired) electrons. The third-order valence-electron chi connectivity index (χ3n) is 7.61. The van der Waals surface area contributed by atoms with E-state index in [1.54, 1.807) is 11.8 Å². The molecule has 5 rings (SSSR count). The Morgan fingerprint density at radius 1 is 1.09 bits per heavy atom. The molecule has 1 atom stereocenters. The third kappa shape index (κ3) is 4.72. The topological polar surface area (TPSA) is 70.5 Å². The maximum Gasteiger partial charge on any atom is 0.0777 e. The summed E-state index contributed by atoms with van der Waals surface area (Å²) in [6.45, 7) is 4.93. The molecule has 1 saturated carbocycles. The number of thioether (sulfide) groups is 1. The lowest BCUT2D eigenvalue weighted by Crippen LogP contribution is -2.42. The second-order valence-corrected chi connectivity index (χ2v) is 10.7. The summed E-state index contributed by atoms with van der Waals surface area (Å²) in [6.07, 6.45) is 10.7. The molecule has 180 valence electrons. The Balaban J connectivity index is 1.49. The van der Waals surface area contributed by atoms with E-state index in [2.05, 4.69) is 65.0 Å². The van der Waals surface area contributed by atoms with Gasteiger partial charge in [0.2, 0.25) is 0 Å². The van der Waals surface area contributed by atoms with Crippen LogP contribution in [-0.4, -0.2) is 41.8 Å². The highest BCUT2D eigenvalue weighted by Gasteiger charge is 2.28. The van der Waals surface area contributed by atoms with Crippen molar-refractivity contribution < 1.29 is 0 Å². The average Bonchev–Trinajstić information content (AvgIpc) is 2.94. The van der Waals surface area contributed by atoms with E-state index >= 15 is 0 Å². The molecule has 1 aliphatic carbocycles. The molecule has 1 unspecified atom stereocenters. The van der Waals surface area contributed by atoms with Gasteiger partial charge in [-0.1, -0.05) is 30.7 Å². The first-order valence-corrected chi connectivity index (χ1v) is 13.7. The first-order chi connectivity index (χ1) is 16.5. The second kappa shape index (κ2) is 10.1. The molecule has 0 bridgehead atoms. The van der Waals surface area contributed by atoms with Crippen molar-refractivity contribution in [1.82, 2.24) is 9.91 Å². The van der Waals surface area contributed by atoms with Gasteiger partial charge in [0, 0.05) is 47.5 Å². The Bertz CT molecular complexity index is 1100. The summed E-state index contributed by atoms with van der Waals surface area (Å²) < 4.78 is 0. The summed E-state index contributed by atoms with van der Waals surface area (Å²) in [7, 11) is 0. The van der Waals surface area contributed by atoms with Crippen LogP contribution in [0.15, 0.2) is 59.1 Å². The third-order valence-corrected chi connectivity index (χ3v) is 8.34. The van der Waals surface area contributed by atoms with Crippen LogP contribution >= 0.6 is 11.8 Å². The van der Waals surface area contributed by atoms with Gasteiger partial charge in [0.1, 0.15) is 0 Å². The van der Waals surface area contributed by atoms with Crippen LogP contribution in [0, 0.1) is 0 Å². The number of hydrogen-bond acceptors (Lipinski definition) is 6. The Morgan fingerprint density at radius 2 is 1.94 bits per heavy atom. The highest BCUT2D eigenvalue weighted by atomic mass is 32.2. The Labute approximate surface area is 208 Å². The standard InChI is InChI=1S/C28H37N5S/c1-19(29)28-25-10-9-21(20-11-14-32(15-12-20)23-6-4-7-23)17-26(25)27(13-16-33(28)30)31-22-5-3-8-24(18-22)34-2/h3,5,8-11,17-18,23,27,31H,4,6-7,12-16,29-30H2,1-2H3/b28-19-. The van der Waals surface area contributed by atoms with E-state index in [4.69, 9.17) is 11.6 Å². The number of anilines is 1. The van der Waals surface area contributed by atoms with Crippen LogP contribution < -0.4 is 16.9 Å². The zero-order valence-corrected chi connectivity index (χ0v) is 21.2. The summed E-state index contributed by atoms with van der Waals surface area (Å²) in [4.78, 5) is 3.92. The molecule has 2 aromatic carbocycles. The molecule has 0 amide bonds. The van der Waals surface area contributed by atoms with Gasteiger partial charge in [-0.15, -0.1) is 11.8 Å². The number of nitrogens with one attached hydrogen (secondary N) is 1. The van der Waals surface area contributed by atoms with Gasteiger partial charge in [0.15, 0.2) is 0 Å². The van der Waals surface area contributed by atoms with Crippen LogP contribution in [0.2, 0.25) is 0 Å². The van der Waals surface area contributed by atoms with Gasteiger partial charge in [-0.2, -0.15) is 0 Å². The van der Waals surface area contributed by atoms with Crippen molar-refractivity contribution >= 4 is 28.7 Å². The van der Waals surface area contributed by atoms with Crippen LogP contribution in [0.1, 0.15) is 61.8 Å². The second-order valence-electron chi connectivity index (χ2n) is 9.80. The lowest BCUT2D eigenvalue weighted by molar-refractivity contribution is 0.141. The minimum Gasteiger partial charge on any atom is -0.401 e. The average molecular weight is 476 g/mol. The van der Waals surface area contributed by atoms with Crippen LogP contribution in [0.5, 0.6) is 0 Å². The summed E-state index contributed by atoms with van der Waals surface area (Å²) in [6, 6.07) is 16.5. The molecule has 2 heterocycles. The van der Waals surface area contributed by atoms with E-state index < -0.39 is 0 Å². The van der Waals surface area contributed by atoms with Gasteiger partial charge < -0.3 is 16.1 Å². The largest absolute Gasteiger partial charge is 0.401 e. The van der Waals surface area contributed by atoms with E-state index in [0.29, 0.717) is 0 Å². The normalized spacial score (nSPS) is 23.0. The van der Waals surface area contributed by atoms with Gasteiger partial charge in [0.25, 0.3) is 0 Å². The van der Waals surface area contributed by atoms with Crippen molar-refractivity contribution in [2.24, 2.45) is 11.6 Å². The Hall–Kier alpha value is -2.41. The lowest BCUT2D eigenvalue weighted by Gasteiger charge is -2.39. The van der Waals surface area contributed by atoms with Crippen LogP contribution in [0.4, 0.5) is 5.69 Å².